The van der Waals surface area contributed by atoms with Crippen LogP contribution in [0.1, 0.15) is 10.4 Å². The van der Waals surface area contributed by atoms with E-state index >= 15 is 0 Å². The molecular formula is C14H12N2O4S2. The molecule has 0 amide bonds. The number of ether oxygens (including phenoxy) is 3. The van der Waals surface area contributed by atoms with Gasteiger partial charge in [0.15, 0.2) is 16.6 Å². The molecule has 0 spiro atoms. The minimum Gasteiger partial charge on any atom is -0.465 e. The van der Waals surface area contributed by atoms with E-state index < -0.39 is 5.97 Å². The summed E-state index contributed by atoms with van der Waals surface area (Å²) in [4.78, 5) is 11.6. The van der Waals surface area contributed by atoms with Crippen LogP contribution >= 0.6 is 23.6 Å². The number of carbonyl (C=O) groups is 1. The van der Waals surface area contributed by atoms with Gasteiger partial charge in [0.05, 0.1) is 12.7 Å². The predicted octanol–water partition coefficient (Wildman–Crippen LogP) is 3.07. The maximum absolute atomic E-state index is 11.6. The molecule has 0 aliphatic carbocycles. The van der Waals surface area contributed by atoms with Crippen molar-refractivity contribution in [2.75, 3.05) is 24.5 Å². The van der Waals surface area contributed by atoms with Gasteiger partial charge in [0.1, 0.15) is 5.00 Å². The molecule has 2 heterocycles. The summed E-state index contributed by atoms with van der Waals surface area (Å²) in [6.07, 6.45) is 0. The zero-order valence-corrected chi connectivity index (χ0v) is 13.2. The van der Waals surface area contributed by atoms with Gasteiger partial charge in [-0.25, -0.2) is 4.79 Å². The second-order valence-corrected chi connectivity index (χ2v) is 5.63. The van der Waals surface area contributed by atoms with Gasteiger partial charge in [-0.05, 0) is 35.8 Å². The van der Waals surface area contributed by atoms with Crippen molar-refractivity contribution in [1.82, 2.24) is 0 Å². The van der Waals surface area contributed by atoms with Crippen molar-refractivity contribution in [3.8, 4) is 11.5 Å². The minimum absolute atomic E-state index is 0.221. The van der Waals surface area contributed by atoms with E-state index in [1.807, 2.05) is 6.07 Å². The molecule has 0 radical (unpaired) electrons. The fourth-order valence-electron chi connectivity index (χ4n) is 1.92. The molecule has 8 heteroatoms. The quantitative estimate of drug-likeness (QED) is 0.659. The van der Waals surface area contributed by atoms with Crippen LogP contribution in [0.15, 0.2) is 29.6 Å². The van der Waals surface area contributed by atoms with E-state index in [4.69, 9.17) is 26.4 Å². The normalized spacial score (nSPS) is 11.9. The standard InChI is InChI=1S/C14H12N2O4S2/c1-18-13(17)9-4-5-22-12(9)16-14(21)15-8-2-3-10-11(6-8)20-7-19-10/h2-6H,7H2,1H3,(H2,15,16,21). The maximum Gasteiger partial charge on any atom is 0.340 e. The van der Waals surface area contributed by atoms with Gasteiger partial charge in [-0.1, -0.05) is 0 Å². The summed E-state index contributed by atoms with van der Waals surface area (Å²) in [6, 6.07) is 7.11. The molecule has 0 fully saturated rings. The van der Waals surface area contributed by atoms with Crippen molar-refractivity contribution in [3.05, 3.63) is 35.2 Å². The molecule has 0 unspecified atom stereocenters. The molecule has 1 aliphatic heterocycles. The number of thiocarbonyl (C=S) groups is 1. The lowest BCUT2D eigenvalue weighted by Crippen LogP contribution is -2.19. The van der Waals surface area contributed by atoms with Crippen LogP contribution in [0, 0.1) is 0 Å². The van der Waals surface area contributed by atoms with Gasteiger partial charge in [-0.15, -0.1) is 11.3 Å². The van der Waals surface area contributed by atoms with E-state index in [1.165, 1.54) is 18.4 Å². The number of fused-ring (bicyclic) bond motifs is 1. The number of hydrogen-bond acceptors (Lipinski definition) is 6. The second kappa shape index (κ2) is 6.20. The minimum atomic E-state index is -0.408. The Bertz CT molecular complexity index is 729. The molecule has 1 aliphatic rings. The molecule has 114 valence electrons. The number of anilines is 2. The van der Waals surface area contributed by atoms with Crippen molar-refractivity contribution in [3.63, 3.8) is 0 Å². The van der Waals surface area contributed by atoms with Crippen LogP contribution in [0.4, 0.5) is 10.7 Å². The van der Waals surface area contributed by atoms with Gasteiger partial charge in [0.25, 0.3) is 0 Å². The Morgan fingerprint density at radius 2 is 2.09 bits per heavy atom. The Morgan fingerprint density at radius 1 is 1.27 bits per heavy atom. The first-order valence-electron chi connectivity index (χ1n) is 6.31. The van der Waals surface area contributed by atoms with Gasteiger partial charge in [0, 0.05) is 11.8 Å². The van der Waals surface area contributed by atoms with Crippen LogP contribution in [0.2, 0.25) is 0 Å². The summed E-state index contributed by atoms with van der Waals surface area (Å²) in [5.74, 6) is 0.962. The van der Waals surface area contributed by atoms with Crippen LogP contribution in [-0.4, -0.2) is 25.0 Å². The number of rotatable bonds is 3. The number of hydrogen-bond donors (Lipinski definition) is 2. The first kappa shape index (κ1) is 14.6. The van der Waals surface area contributed by atoms with Crippen molar-refractivity contribution in [1.29, 1.82) is 0 Å². The second-order valence-electron chi connectivity index (χ2n) is 4.30. The number of esters is 1. The highest BCUT2D eigenvalue weighted by molar-refractivity contribution is 7.80. The average molecular weight is 336 g/mol. The Labute approximate surface area is 136 Å². The predicted molar refractivity (Wildman–Crippen MR) is 88.1 cm³/mol. The molecule has 2 aromatic rings. The number of carbonyl (C=O) groups excluding carboxylic acids is 1. The molecule has 3 rings (SSSR count). The molecule has 1 aromatic carbocycles. The molecular weight excluding hydrogens is 324 g/mol. The largest absolute Gasteiger partial charge is 0.465 e. The lowest BCUT2D eigenvalue weighted by atomic mass is 10.3. The van der Waals surface area contributed by atoms with Gasteiger partial charge in [-0.3, -0.25) is 0 Å². The van der Waals surface area contributed by atoms with Gasteiger partial charge in [-0.2, -0.15) is 0 Å². The van der Waals surface area contributed by atoms with E-state index in [0.717, 1.165) is 5.69 Å². The van der Waals surface area contributed by atoms with Gasteiger partial charge in [0.2, 0.25) is 6.79 Å². The number of benzene rings is 1. The third-order valence-corrected chi connectivity index (χ3v) is 3.96. The Hall–Kier alpha value is -2.32. The lowest BCUT2D eigenvalue weighted by molar-refractivity contribution is 0.0602. The summed E-state index contributed by atoms with van der Waals surface area (Å²) < 4.78 is 15.3. The summed E-state index contributed by atoms with van der Waals surface area (Å²) in [7, 11) is 1.34. The number of nitrogens with one attached hydrogen (secondary N) is 2. The average Bonchev–Trinajstić information content (AvgIpc) is 3.14. The Balaban J connectivity index is 1.68. The zero-order valence-electron chi connectivity index (χ0n) is 11.5. The molecule has 0 bridgehead atoms. The zero-order chi connectivity index (χ0) is 15.5. The van der Waals surface area contributed by atoms with E-state index in [2.05, 4.69) is 10.6 Å². The maximum atomic E-state index is 11.6. The monoisotopic (exact) mass is 336 g/mol. The van der Waals surface area contributed by atoms with E-state index in [1.54, 1.807) is 23.6 Å². The molecule has 6 nitrogen and oxygen atoms in total. The topological polar surface area (TPSA) is 68.8 Å². The SMILES string of the molecule is COC(=O)c1ccsc1NC(=S)Nc1ccc2c(c1)OCO2. The Kier molecular flexibility index (Phi) is 4.12. The van der Waals surface area contributed by atoms with E-state index in [-0.39, 0.29) is 6.79 Å². The van der Waals surface area contributed by atoms with Crippen molar-refractivity contribution in [2.24, 2.45) is 0 Å². The summed E-state index contributed by atoms with van der Waals surface area (Å²) in [5, 5.41) is 8.81. The molecule has 1 aromatic heterocycles. The highest BCUT2D eigenvalue weighted by Gasteiger charge is 2.16. The van der Waals surface area contributed by atoms with Crippen LogP contribution in [0.3, 0.4) is 0 Å². The molecule has 22 heavy (non-hydrogen) atoms. The highest BCUT2D eigenvalue weighted by Crippen LogP contribution is 2.34. The van der Waals surface area contributed by atoms with E-state index in [0.29, 0.717) is 27.2 Å². The lowest BCUT2D eigenvalue weighted by Gasteiger charge is -2.10. The molecule has 0 saturated carbocycles. The highest BCUT2D eigenvalue weighted by atomic mass is 32.1. The number of methoxy groups -OCH3 is 1. The summed E-state index contributed by atoms with van der Waals surface area (Å²) >= 11 is 6.62. The number of thiophene rings is 1. The third kappa shape index (κ3) is 2.97. The van der Waals surface area contributed by atoms with E-state index in [9.17, 15) is 4.79 Å². The summed E-state index contributed by atoms with van der Waals surface area (Å²) in [6.45, 7) is 0.221. The van der Waals surface area contributed by atoms with Crippen molar-refractivity contribution >= 4 is 45.3 Å². The smallest absolute Gasteiger partial charge is 0.340 e. The summed E-state index contributed by atoms with van der Waals surface area (Å²) in [5.41, 5.74) is 1.21. The van der Waals surface area contributed by atoms with Crippen LogP contribution in [-0.2, 0) is 4.74 Å². The Morgan fingerprint density at radius 3 is 2.91 bits per heavy atom. The first-order chi connectivity index (χ1) is 10.7. The fraction of sp³-hybridized carbons (Fsp3) is 0.143. The van der Waals surface area contributed by atoms with Crippen LogP contribution < -0.4 is 20.1 Å². The van der Waals surface area contributed by atoms with Crippen molar-refractivity contribution in [2.45, 2.75) is 0 Å². The molecule has 0 atom stereocenters. The van der Waals surface area contributed by atoms with Crippen LogP contribution in [0.5, 0.6) is 11.5 Å². The molecule has 2 N–H and O–H groups in total. The third-order valence-electron chi connectivity index (χ3n) is 2.93. The van der Waals surface area contributed by atoms with Gasteiger partial charge >= 0.3 is 5.97 Å². The first-order valence-corrected chi connectivity index (χ1v) is 7.59. The van der Waals surface area contributed by atoms with Gasteiger partial charge < -0.3 is 24.8 Å². The molecule has 0 saturated heterocycles. The van der Waals surface area contributed by atoms with Crippen LogP contribution in [0.25, 0.3) is 0 Å². The fourth-order valence-corrected chi connectivity index (χ4v) is 2.98. The van der Waals surface area contributed by atoms with Crippen molar-refractivity contribution < 1.29 is 19.0 Å².